The molecule has 1 fully saturated rings. The Balaban J connectivity index is 1.80. The van der Waals surface area contributed by atoms with E-state index in [4.69, 9.17) is 11.6 Å². The van der Waals surface area contributed by atoms with Crippen LogP contribution in [0, 0.1) is 5.92 Å². The van der Waals surface area contributed by atoms with E-state index in [-0.39, 0.29) is 0 Å². The highest BCUT2D eigenvalue weighted by Gasteiger charge is 2.20. The van der Waals surface area contributed by atoms with E-state index in [1.165, 1.54) is 6.54 Å². The molecule has 1 heterocycles. The average Bonchev–Trinajstić information content (AvgIpc) is 2.40. The lowest BCUT2D eigenvalue weighted by Gasteiger charge is -2.36. The van der Waals surface area contributed by atoms with Gasteiger partial charge in [0.25, 0.3) is 0 Å². The highest BCUT2D eigenvalue weighted by atomic mass is 35.5. The Morgan fingerprint density at radius 1 is 1.10 bits per heavy atom. The molecule has 0 bridgehead atoms. The van der Waals surface area contributed by atoms with Gasteiger partial charge in [-0.2, -0.15) is 0 Å². The monoisotopic (exact) mass is 296 g/mol. The number of aliphatic hydroxyl groups excluding tert-OH is 1. The van der Waals surface area contributed by atoms with E-state index in [1.807, 2.05) is 24.3 Å². The third-order valence-corrected chi connectivity index (χ3v) is 3.99. The molecule has 1 unspecified atom stereocenters. The van der Waals surface area contributed by atoms with Crippen LogP contribution in [0.3, 0.4) is 0 Å². The molecule has 0 amide bonds. The molecular formula is C16H25ClN2O. The van der Waals surface area contributed by atoms with E-state index < -0.39 is 6.10 Å². The first-order chi connectivity index (χ1) is 9.54. The molecule has 1 aliphatic rings. The fourth-order valence-corrected chi connectivity index (χ4v) is 2.93. The standard InChI is InChI=1S/C16H25ClN2O/c1-13(2)11-18-6-8-19(9-7-18)12-16(20)14-4-3-5-15(17)10-14/h3-5,10,13,16,20H,6-9,11-12H2,1-2H3. The van der Waals surface area contributed by atoms with Crippen molar-refractivity contribution in [3.05, 3.63) is 34.9 Å². The molecule has 4 heteroatoms. The van der Waals surface area contributed by atoms with E-state index in [2.05, 4.69) is 23.6 Å². The summed E-state index contributed by atoms with van der Waals surface area (Å²) < 4.78 is 0. The van der Waals surface area contributed by atoms with Crippen LogP contribution in [0.15, 0.2) is 24.3 Å². The van der Waals surface area contributed by atoms with E-state index in [0.717, 1.165) is 37.7 Å². The van der Waals surface area contributed by atoms with Gasteiger partial charge in [0.1, 0.15) is 0 Å². The zero-order valence-electron chi connectivity index (χ0n) is 12.4. The number of halogens is 1. The fraction of sp³-hybridized carbons (Fsp3) is 0.625. The van der Waals surface area contributed by atoms with Crippen molar-refractivity contribution in [2.75, 3.05) is 39.3 Å². The topological polar surface area (TPSA) is 26.7 Å². The van der Waals surface area contributed by atoms with Crippen molar-refractivity contribution < 1.29 is 5.11 Å². The number of β-amino-alcohol motifs (C(OH)–C–C–N with tert-alkyl or cyclic N) is 1. The van der Waals surface area contributed by atoms with Crippen LogP contribution in [0.1, 0.15) is 25.5 Å². The van der Waals surface area contributed by atoms with E-state index in [1.54, 1.807) is 0 Å². The molecule has 0 spiro atoms. The minimum Gasteiger partial charge on any atom is -0.387 e. The average molecular weight is 297 g/mol. The second-order valence-corrected chi connectivity index (χ2v) is 6.50. The summed E-state index contributed by atoms with van der Waals surface area (Å²) in [5.41, 5.74) is 0.905. The number of nitrogens with zero attached hydrogens (tertiary/aromatic N) is 2. The predicted molar refractivity (Wildman–Crippen MR) is 84.1 cm³/mol. The van der Waals surface area contributed by atoms with Crippen molar-refractivity contribution in [3.8, 4) is 0 Å². The Morgan fingerprint density at radius 3 is 2.25 bits per heavy atom. The maximum absolute atomic E-state index is 10.3. The number of aliphatic hydroxyl groups is 1. The molecule has 0 saturated carbocycles. The fourth-order valence-electron chi connectivity index (χ4n) is 2.73. The molecule has 1 atom stereocenters. The molecule has 1 N–H and O–H groups in total. The summed E-state index contributed by atoms with van der Waals surface area (Å²) in [5, 5.41) is 11.0. The lowest BCUT2D eigenvalue weighted by Crippen LogP contribution is -2.48. The van der Waals surface area contributed by atoms with Crippen LogP contribution in [0.2, 0.25) is 5.02 Å². The van der Waals surface area contributed by atoms with Crippen LogP contribution >= 0.6 is 11.6 Å². The SMILES string of the molecule is CC(C)CN1CCN(CC(O)c2cccc(Cl)c2)CC1. The molecule has 0 aromatic heterocycles. The molecule has 3 nitrogen and oxygen atoms in total. The summed E-state index contributed by atoms with van der Waals surface area (Å²) in [5.74, 6) is 0.721. The van der Waals surface area contributed by atoms with E-state index >= 15 is 0 Å². The van der Waals surface area contributed by atoms with E-state index in [0.29, 0.717) is 11.6 Å². The van der Waals surface area contributed by atoms with Crippen molar-refractivity contribution in [2.24, 2.45) is 5.92 Å². The largest absolute Gasteiger partial charge is 0.387 e. The Hall–Kier alpha value is -0.610. The summed E-state index contributed by atoms with van der Waals surface area (Å²) in [6.45, 7) is 10.6. The van der Waals surface area contributed by atoms with Crippen molar-refractivity contribution >= 4 is 11.6 Å². The highest BCUT2D eigenvalue weighted by Crippen LogP contribution is 2.19. The molecule has 0 radical (unpaired) electrons. The highest BCUT2D eigenvalue weighted by molar-refractivity contribution is 6.30. The van der Waals surface area contributed by atoms with Crippen LogP contribution in [0.25, 0.3) is 0 Å². The first kappa shape index (κ1) is 15.8. The second-order valence-electron chi connectivity index (χ2n) is 6.07. The van der Waals surface area contributed by atoms with Crippen LogP contribution in [0.5, 0.6) is 0 Å². The molecule has 1 aliphatic heterocycles. The summed E-state index contributed by atoms with van der Waals surface area (Å²) in [6, 6.07) is 7.51. The van der Waals surface area contributed by atoms with Gasteiger partial charge in [0, 0.05) is 44.3 Å². The molecule has 2 rings (SSSR count). The van der Waals surface area contributed by atoms with Gasteiger partial charge in [-0.25, -0.2) is 0 Å². The van der Waals surface area contributed by atoms with Crippen molar-refractivity contribution in [1.29, 1.82) is 0 Å². The number of hydrogen-bond donors (Lipinski definition) is 1. The first-order valence-electron chi connectivity index (χ1n) is 7.43. The van der Waals surface area contributed by atoms with Crippen LogP contribution < -0.4 is 0 Å². The number of rotatable bonds is 5. The Bertz CT molecular complexity index is 417. The summed E-state index contributed by atoms with van der Waals surface area (Å²) in [6.07, 6.45) is -0.453. The van der Waals surface area contributed by atoms with Gasteiger partial charge in [-0.15, -0.1) is 0 Å². The summed E-state index contributed by atoms with van der Waals surface area (Å²) >= 11 is 5.97. The van der Waals surface area contributed by atoms with Crippen molar-refractivity contribution in [1.82, 2.24) is 9.80 Å². The molecule has 112 valence electrons. The third kappa shape index (κ3) is 4.74. The van der Waals surface area contributed by atoms with Crippen LogP contribution in [-0.2, 0) is 0 Å². The van der Waals surface area contributed by atoms with Crippen LogP contribution in [-0.4, -0.2) is 54.2 Å². The van der Waals surface area contributed by atoms with E-state index in [9.17, 15) is 5.11 Å². The maximum atomic E-state index is 10.3. The van der Waals surface area contributed by atoms with Gasteiger partial charge in [-0.3, -0.25) is 4.90 Å². The molecule has 1 aromatic rings. The smallest absolute Gasteiger partial charge is 0.0917 e. The molecule has 0 aliphatic carbocycles. The van der Waals surface area contributed by atoms with Gasteiger partial charge in [0.05, 0.1) is 6.10 Å². The number of benzene rings is 1. The number of hydrogen-bond acceptors (Lipinski definition) is 3. The zero-order chi connectivity index (χ0) is 14.5. The third-order valence-electron chi connectivity index (χ3n) is 3.75. The minimum atomic E-state index is -0.453. The molecule has 1 saturated heterocycles. The van der Waals surface area contributed by atoms with Gasteiger partial charge in [-0.05, 0) is 23.6 Å². The normalized spacial score (nSPS) is 19.4. The van der Waals surface area contributed by atoms with Gasteiger partial charge < -0.3 is 10.0 Å². The van der Waals surface area contributed by atoms with Gasteiger partial charge in [0.15, 0.2) is 0 Å². The Morgan fingerprint density at radius 2 is 1.70 bits per heavy atom. The van der Waals surface area contributed by atoms with Gasteiger partial charge in [-0.1, -0.05) is 37.6 Å². The number of piperazine rings is 1. The van der Waals surface area contributed by atoms with Gasteiger partial charge >= 0.3 is 0 Å². The Labute approximate surface area is 127 Å². The predicted octanol–water partition coefficient (Wildman–Crippen LogP) is 2.65. The lowest BCUT2D eigenvalue weighted by molar-refractivity contribution is 0.0687. The summed E-state index contributed by atoms with van der Waals surface area (Å²) in [4.78, 5) is 4.84. The Kier molecular flexibility index (Phi) is 5.85. The quantitative estimate of drug-likeness (QED) is 0.905. The lowest BCUT2D eigenvalue weighted by atomic mass is 10.1. The first-order valence-corrected chi connectivity index (χ1v) is 7.80. The van der Waals surface area contributed by atoms with Gasteiger partial charge in [0.2, 0.25) is 0 Å². The van der Waals surface area contributed by atoms with Crippen LogP contribution in [0.4, 0.5) is 0 Å². The summed E-state index contributed by atoms with van der Waals surface area (Å²) in [7, 11) is 0. The zero-order valence-corrected chi connectivity index (χ0v) is 13.2. The van der Waals surface area contributed by atoms with Crippen molar-refractivity contribution in [3.63, 3.8) is 0 Å². The molecular weight excluding hydrogens is 272 g/mol. The minimum absolute atomic E-state index is 0.453. The van der Waals surface area contributed by atoms with Crippen molar-refractivity contribution in [2.45, 2.75) is 20.0 Å². The molecule has 1 aromatic carbocycles. The maximum Gasteiger partial charge on any atom is 0.0917 e. The second kappa shape index (κ2) is 7.41. The molecule has 20 heavy (non-hydrogen) atoms.